The first-order valence-electron chi connectivity index (χ1n) is 8.54. The summed E-state index contributed by atoms with van der Waals surface area (Å²) in [5, 5.41) is 5.52. The molecule has 0 bridgehead atoms. The van der Waals surface area contributed by atoms with Crippen LogP contribution in [-0.2, 0) is 23.9 Å². The molecule has 1 heterocycles. The van der Waals surface area contributed by atoms with Gasteiger partial charge in [-0.1, -0.05) is 20.3 Å². The Morgan fingerprint density at radius 1 is 1.19 bits per heavy atom. The zero-order chi connectivity index (χ0) is 20.7. The molecule has 0 fully saturated rings. The van der Waals surface area contributed by atoms with Crippen LogP contribution in [0, 0.1) is 19.8 Å². The second-order valence-electron chi connectivity index (χ2n) is 6.20. The zero-order valence-corrected chi connectivity index (χ0v) is 17.2. The number of amides is 2. The van der Waals surface area contributed by atoms with Crippen LogP contribution in [0.4, 0.5) is 5.00 Å². The first-order valence-corrected chi connectivity index (χ1v) is 9.35. The van der Waals surface area contributed by atoms with E-state index in [0.29, 0.717) is 17.0 Å². The summed E-state index contributed by atoms with van der Waals surface area (Å²) in [4.78, 5) is 48.5. The van der Waals surface area contributed by atoms with Crippen LogP contribution in [0.25, 0.3) is 0 Å². The van der Waals surface area contributed by atoms with Gasteiger partial charge in [-0.15, -0.1) is 11.3 Å². The lowest BCUT2D eigenvalue weighted by molar-refractivity contribution is -0.147. The summed E-state index contributed by atoms with van der Waals surface area (Å²) in [5.41, 5.74) is 0.910. The molecule has 0 saturated carbocycles. The molecule has 0 saturated heterocycles. The van der Waals surface area contributed by atoms with Gasteiger partial charge in [-0.2, -0.15) is 0 Å². The van der Waals surface area contributed by atoms with Gasteiger partial charge in [0, 0.05) is 11.8 Å². The minimum Gasteiger partial charge on any atom is -0.467 e. The Morgan fingerprint density at radius 2 is 1.81 bits per heavy atom. The summed E-state index contributed by atoms with van der Waals surface area (Å²) in [6.45, 7) is 8.06. The molecule has 8 nitrogen and oxygen atoms in total. The third kappa shape index (κ3) is 6.06. The highest BCUT2D eigenvalue weighted by Gasteiger charge is 2.28. The predicted octanol–water partition coefficient (Wildman–Crippen LogP) is 2.18. The SMILES string of the molecule is CCC(C)C(NC(=O)COC(=O)c1c(NC(C)=O)sc(C)c1C)C(=O)OC. The van der Waals surface area contributed by atoms with E-state index in [-0.39, 0.29) is 17.4 Å². The molecular weight excluding hydrogens is 372 g/mol. The molecule has 0 aliphatic heterocycles. The van der Waals surface area contributed by atoms with Crippen molar-refractivity contribution >= 4 is 40.1 Å². The normalized spacial score (nSPS) is 12.7. The minimum absolute atomic E-state index is 0.134. The van der Waals surface area contributed by atoms with Gasteiger partial charge in [0.2, 0.25) is 5.91 Å². The lowest BCUT2D eigenvalue weighted by Gasteiger charge is -2.21. The average Bonchev–Trinajstić information content (AvgIpc) is 2.89. The van der Waals surface area contributed by atoms with Gasteiger partial charge >= 0.3 is 11.9 Å². The van der Waals surface area contributed by atoms with Crippen LogP contribution in [0.2, 0.25) is 0 Å². The number of aryl methyl sites for hydroxylation is 1. The van der Waals surface area contributed by atoms with Crippen molar-refractivity contribution in [2.45, 2.75) is 47.1 Å². The molecule has 0 spiro atoms. The molecule has 2 atom stereocenters. The summed E-state index contributed by atoms with van der Waals surface area (Å²) in [6, 6.07) is -0.814. The summed E-state index contributed by atoms with van der Waals surface area (Å²) in [5.74, 6) is -2.32. The lowest BCUT2D eigenvalue weighted by Crippen LogP contribution is -2.47. The molecule has 2 amide bonds. The topological polar surface area (TPSA) is 111 Å². The maximum atomic E-state index is 12.4. The van der Waals surface area contributed by atoms with Gasteiger partial charge in [-0.3, -0.25) is 9.59 Å². The number of carbonyl (C=O) groups excluding carboxylic acids is 4. The summed E-state index contributed by atoms with van der Waals surface area (Å²) in [7, 11) is 1.25. The van der Waals surface area contributed by atoms with Crippen molar-refractivity contribution in [3.8, 4) is 0 Å². The zero-order valence-electron chi connectivity index (χ0n) is 16.4. The number of hydrogen-bond donors (Lipinski definition) is 2. The van der Waals surface area contributed by atoms with Gasteiger partial charge in [-0.25, -0.2) is 9.59 Å². The number of nitrogens with one attached hydrogen (secondary N) is 2. The van der Waals surface area contributed by atoms with Gasteiger partial charge in [-0.05, 0) is 25.3 Å². The second kappa shape index (κ2) is 10.1. The Bertz CT molecular complexity index is 728. The van der Waals surface area contributed by atoms with Gasteiger partial charge in [0.1, 0.15) is 11.0 Å². The Hall–Kier alpha value is -2.42. The van der Waals surface area contributed by atoms with Crippen LogP contribution < -0.4 is 10.6 Å². The molecule has 1 aromatic rings. The highest BCUT2D eigenvalue weighted by molar-refractivity contribution is 7.16. The number of ether oxygens (including phenoxy) is 2. The highest BCUT2D eigenvalue weighted by Crippen LogP contribution is 2.32. The monoisotopic (exact) mass is 398 g/mol. The van der Waals surface area contributed by atoms with E-state index in [1.165, 1.54) is 25.4 Å². The van der Waals surface area contributed by atoms with E-state index in [4.69, 9.17) is 9.47 Å². The molecule has 0 aliphatic rings. The molecule has 0 aromatic carbocycles. The van der Waals surface area contributed by atoms with E-state index in [0.717, 1.165) is 4.88 Å². The van der Waals surface area contributed by atoms with Crippen LogP contribution in [0.1, 0.15) is 48.0 Å². The third-order valence-electron chi connectivity index (χ3n) is 4.20. The molecule has 150 valence electrons. The first kappa shape index (κ1) is 22.6. The van der Waals surface area contributed by atoms with Gasteiger partial charge in [0.05, 0.1) is 12.7 Å². The van der Waals surface area contributed by atoms with Crippen molar-refractivity contribution in [1.82, 2.24) is 5.32 Å². The summed E-state index contributed by atoms with van der Waals surface area (Å²) < 4.78 is 9.79. The Kier molecular flexibility index (Phi) is 8.42. The van der Waals surface area contributed by atoms with Crippen molar-refractivity contribution in [3.05, 3.63) is 16.0 Å². The van der Waals surface area contributed by atoms with Gasteiger partial charge < -0.3 is 20.1 Å². The Morgan fingerprint density at radius 3 is 2.33 bits per heavy atom. The predicted molar refractivity (Wildman–Crippen MR) is 102 cm³/mol. The second-order valence-corrected chi connectivity index (χ2v) is 7.42. The molecule has 1 aromatic heterocycles. The minimum atomic E-state index is -0.814. The molecule has 0 aliphatic carbocycles. The number of thiophene rings is 1. The van der Waals surface area contributed by atoms with Crippen LogP contribution in [0.3, 0.4) is 0 Å². The Labute approximate surface area is 162 Å². The van der Waals surface area contributed by atoms with Gasteiger partial charge in [0.25, 0.3) is 5.91 Å². The summed E-state index contributed by atoms with van der Waals surface area (Å²) in [6.07, 6.45) is 0.660. The molecule has 1 rings (SSSR count). The maximum Gasteiger partial charge on any atom is 0.341 e. The fraction of sp³-hybridized carbons (Fsp3) is 0.556. The van der Waals surface area contributed by atoms with E-state index in [9.17, 15) is 19.2 Å². The largest absolute Gasteiger partial charge is 0.467 e. The summed E-state index contributed by atoms with van der Waals surface area (Å²) >= 11 is 1.26. The number of rotatable bonds is 8. The fourth-order valence-electron chi connectivity index (χ4n) is 2.34. The van der Waals surface area contributed by atoms with E-state index < -0.39 is 30.5 Å². The van der Waals surface area contributed by atoms with E-state index in [1.807, 2.05) is 20.8 Å². The third-order valence-corrected chi connectivity index (χ3v) is 5.32. The van der Waals surface area contributed by atoms with Crippen LogP contribution >= 0.6 is 11.3 Å². The first-order chi connectivity index (χ1) is 12.6. The van der Waals surface area contributed by atoms with Gasteiger partial charge in [0.15, 0.2) is 6.61 Å². The number of hydrogen-bond acceptors (Lipinski definition) is 7. The average molecular weight is 398 g/mol. The highest BCUT2D eigenvalue weighted by atomic mass is 32.1. The van der Waals surface area contributed by atoms with E-state index in [1.54, 1.807) is 6.92 Å². The number of anilines is 1. The van der Waals surface area contributed by atoms with Crippen LogP contribution in [0.5, 0.6) is 0 Å². The molecule has 2 N–H and O–H groups in total. The lowest BCUT2D eigenvalue weighted by atomic mass is 9.99. The standard InChI is InChI=1S/C18H26N2O6S/c1-7-9(2)15(18(24)25-6)20-13(22)8-26-17(23)14-10(3)11(4)27-16(14)19-12(5)21/h9,15H,7-8H2,1-6H3,(H,19,21)(H,20,22). The quantitative estimate of drug-likeness (QED) is 0.650. The van der Waals surface area contributed by atoms with E-state index in [2.05, 4.69) is 10.6 Å². The maximum absolute atomic E-state index is 12.4. The molecule has 9 heteroatoms. The molecule has 2 unspecified atom stereocenters. The van der Waals surface area contributed by atoms with Crippen molar-refractivity contribution in [2.75, 3.05) is 19.0 Å². The van der Waals surface area contributed by atoms with Crippen molar-refractivity contribution in [1.29, 1.82) is 0 Å². The Balaban J connectivity index is 2.80. The molecule has 27 heavy (non-hydrogen) atoms. The van der Waals surface area contributed by atoms with E-state index >= 15 is 0 Å². The number of carbonyl (C=O) groups is 4. The van der Waals surface area contributed by atoms with Crippen molar-refractivity contribution in [2.24, 2.45) is 5.92 Å². The fourth-order valence-corrected chi connectivity index (χ4v) is 3.43. The smallest absolute Gasteiger partial charge is 0.341 e. The van der Waals surface area contributed by atoms with Crippen LogP contribution in [-0.4, -0.2) is 43.5 Å². The number of esters is 2. The van der Waals surface area contributed by atoms with Crippen molar-refractivity contribution < 1.29 is 28.7 Å². The van der Waals surface area contributed by atoms with Crippen molar-refractivity contribution in [3.63, 3.8) is 0 Å². The van der Waals surface area contributed by atoms with Crippen LogP contribution in [0.15, 0.2) is 0 Å². The number of methoxy groups -OCH3 is 1. The molecule has 0 radical (unpaired) electrons. The molecular formula is C18H26N2O6S.